The van der Waals surface area contributed by atoms with Gasteiger partial charge >= 0.3 is 0 Å². The molecule has 0 spiro atoms. The number of benzene rings is 1. The molecule has 0 radical (unpaired) electrons. The molecule has 126 valence electrons. The van der Waals surface area contributed by atoms with Crippen LogP contribution in [0.25, 0.3) is 0 Å². The lowest BCUT2D eigenvalue weighted by Crippen LogP contribution is -2.58. The van der Waals surface area contributed by atoms with Gasteiger partial charge in [0, 0.05) is 32.0 Å². The fourth-order valence-corrected chi connectivity index (χ4v) is 2.44. The van der Waals surface area contributed by atoms with Crippen molar-refractivity contribution in [1.82, 2.24) is 4.90 Å². The van der Waals surface area contributed by atoms with Gasteiger partial charge < -0.3 is 20.7 Å². The van der Waals surface area contributed by atoms with E-state index in [0.29, 0.717) is 32.1 Å². The molecule has 6 nitrogen and oxygen atoms in total. The van der Waals surface area contributed by atoms with Crippen molar-refractivity contribution in [3.63, 3.8) is 0 Å². The first-order chi connectivity index (χ1) is 10.8. The minimum Gasteiger partial charge on any atom is -0.381 e. The smallest absolute Gasteiger partial charge is 0.243 e. The molecule has 2 rings (SSSR count). The summed E-state index contributed by atoms with van der Waals surface area (Å²) in [4.78, 5) is 25.5. The number of likely N-dealkylation sites (N-methyl/N-ethyl adjacent to an activating group) is 1. The Labute approximate surface area is 132 Å². The van der Waals surface area contributed by atoms with Gasteiger partial charge in [0.1, 0.15) is 11.6 Å². The van der Waals surface area contributed by atoms with Gasteiger partial charge in [0.15, 0.2) is 0 Å². The highest BCUT2D eigenvalue weighted by atomic mass is 19.1. The normalized spacial score (nSPS) is 16.7. The highest BCUT2D eigenvalue weighted by Gasteiger charge is 2.38. The molecule has 1 aliphatic heterocycles. The van der Waals surface area contributed by atoms with Gasteiger partial charge in [-0.05, 0) is 25.0 Å². The van der Waals surface area contributed by atoms with Gasteiger partial charge in [-0.15, -0.1) is 0 Å². The van der Waals surface area contributed by atoms with Crippen LogP contribution in [0.4, 0.5) is 14.5 Å². The molecular formula is C15H19F2N3O3. The van der Waals surface area contributed by atoms with E-state index in [-0.39, 0.29) is 18.1 Å². The van der Waals surface area contributed by atoms with E-state index in [1.54, 1.807) is 0 Å². The molecule has 8 heteroatoms. The number of rotatable bonds is 4. The molecule has 0 saturated carbocycles. The Bertz CT molecular complexity index is 583. The molecule has 0 aromatic heterocycles. The first kappa shape index (κ1) is 17.3. The van der Waals surface area contributed by atoms with Crippen LogP contribution in [0.2, 0.25) is 0 Å². The molecule has 0 atom stereocenters. The number of amides is 2. The van der Waals surface area contributed by atoms with Crippen LogP contribution in [0.5, 0.6) is 0 Å². The largest absolute Gasteiger partial charge is 0.381 e. The van der Waals surface area contributed by atoms with E-state index in [9.17, 15) is 18.4 Å². The lowest BCUT2D eigenvalue weighted by molar-refractivity contribution is -0.141. The van der Waals surface area contributed by atoms with E-state index in [0.717, 1.165) is 12.1 Å². The zero-order valence-electron chi connectivity index (χ0n) is 12.8. The molecular weight excluding hydrogens is 308 g/mol. The van der Waals surface area contributed by atoms with Crippen LogP contribution in [0, 0.1) is 11.6 Å². The molecule has 1 saturated heterocycles. The molecule has 3 N–H and O–H groups in total. The maximum atomic E-state index is 13.1. The van der Waals surface area contributed by atoms with Gasteiger partial charge in [-0.1, -0.05) is 0 Å². The maximum absolute atomic E-state index is 13.1. The van der Waals surface area contributed by atoms with Crippen LogP contribution < -0.4 is 11.1 Å². The second kappa shape index (κ2) is 7.01. The Hall–Kier alpha value is -2.06. The quantitative estimate of drug-likeness (QED) is 0.859. The summed E-state index contributed by atoms with van der Waals surface area (Å²) >= 11 is 0. The van der Waals surface area contributed by atoms with Crippen LogP contribution >= 0.6 is 0 Å². The number of ether oxygens (including phenoxy) is 1. The van der Waals surface area contributed by atoms with Crippen LogP contribution in [0.15, 0.2) is 18.2 Å². The average molecular weight is 327 g/mol. The van der Waals surface area contributed by atoms with Crippen molar-refractivity contribution in [1.29, 1.82) is 0 Å². The van der Waals surface area contributed by atoms with E-state index in [4.69, 9.17) is 10.5 Å². The van der Waals surface area contributed by atoms with Crippen molar-refractivity contribution in [3.8, 4) is 0 Å². The summed E-state index contributed by atoms with van der Waals surface area (Å²) in [5.41, 5.74) is 5.01. The Morgan fingerprint density at radius 2 is 1.83 bits per heavy atom. The Kier molecular flexibility index (Phi) is 5.27. The molecule has 2 amide bonds. The highest BCUT2D eigenvalue weighted by molar-refractivity contribution is 5.96. The van der Waals surface area contributed by atoms with Gasteiger partial charge in [0.2, 0.25) is 11.8 Å². The average Bonchev–Trinajstić information content (AvgIpc) is 2.45. The first-order valence-electron chi connectivity index (χ1n) is 7.18. The number of carbonyl (C=O) groups is 2. The number of hydrogen-bond donors (Lipinski definition) is 2. The van der Waals surface area contributed by atoms with Crippen molar-refractivity contribution in [2.24, 2.45) is 5.73 Å². The SMILES string of the molecule is CN(CC(=O)Nc1cc(F)cc(F)c1)C(=O)C1(N)CCOCC1. The zero-order chi connectivity index (χ0) is 17.0. The van der Waals surface area contributed by atoms with Gasteiger partial charge in [-0.2, -0.15) is 0 Å². The van der Waals surface area contributed by atoms with Crippen molar-refractivity contribution >= 4 is 17.5 Å². The molecule has 1 aromatic rings. The molecule has 1 aliphatic rings. The molecule has 0 unspecified atom stereocenters. The number of hydrogen-bond acceptors (Lipinski definition) is 4. The number of anilines is 1. The summed E-state index contributed by atoms with van der Waals surface area (Å²) in [5, 5.41) is 2.35. The molecule has 1 heterocycles. The first-order valence-corrected chi connectivity index (χ1v) is 7.18. The Morgan fingerprint density at radius 3 is 2.39 bits per heavy atom. The van der Waals surface area contributed by atoms with Gasteiger partial charge in [0.25, 0.3) is 0 Å². The fraction of sp³-hybridized carbons (Fsp3) is 0.467. The Morgan fingerprint density at radius 1 is 1.26 bits per heavy atom. The number of carbonyl (C=O) groups excluding carboxylic acids is 2. The molecule has 1 fully saturated rings. The molecule has 0 aliphatic carbocycles. The number of halogens is 2. The zero-order valence-corrected chi connectivity index (χ0v) is 12.8. The third-order valence-electron chi connectivity index (χ3n) is 3.68. The minimum absolute atomic E-state index is 0.0122. The van der Waals surface area contributed by atoms with Gasteiger partial charge in [-0.3, -0.25) is 9.59 Å². The number of nitrogens with zero attached hydrogens (tertiary/aromatic N) is 1. The monoisotopic (exact) mass is 327 g/mol. The van der Waals surface area contributed by atoms with Crippen molar-refractivity contribution < 1.29 is 23.1 Å². The van der Waals surface area contributed by atoms with E-state index in [2.05, 4.69) is 5.32 Å². The highest BCUT2D eigenvalue weighted by Crippen LogP contribution is 2.20. The number of nitrogens with one attached hydrogen (secondary N) is 1. The molecule has 1 aromatic carbocycles. The maximum Gasteiger partial charge on any atom is 0.243 e. The molecule has 0 bridgehead atoms. The summed E-state index contributed by atoms with van der Waals surface area (Å²) in [6.45, 7) is 0.520. The van der Waals surface area contributed by atoms with Crippen LogP contribution in [-0.2, 0) is 14.3 Å². The van der Waals surface area contributed by atoms with Crippen LogP contribution in [0.3, 0.4) is 0 Å². The van der Waals surface area contributed by atoms with Gasteiger partial charge in [0.05, 0.1) is 12.1 Å². The van der Waals surface area contributed by atoms with E-state index < -0.39 is 23.1 Å². The lowest BCUT2D eigenvalue weighted by Gasteiger charge is -2.35. The van der Waals surface area contributed by atoms with E-state index in [1.807, 2.05) is 0 Å². The minimum atomic E-state index is -1.04. The summed E-state index contributed by atoms with van der Waals surface area (Å²) in [5.74, 6) is -2.52. The van der Waals surface area contributed by atoms with Crippen molar-refractivity contribution in [3.05, 3.63) is 29.8 Å². The molecule has 23 heavy (non-hydrogen) atoms. The second-order valence-electron chi connectivity index (χ2n) is 5.64. The van der Waals surface area contributed by atoms with Gasteiger partial charge in [-0.25, -0.2) is 8.78 Å². The Balaban J connectivity index is 1.95. The van der Waals surface area contributed by atoms with E-state index >= 15 is 0 Å². The standard InChI is InChI=1S/C15H19F2N3O3/c1-20(14(22)15(18)2-4-23-5-3-15)9-13(21)19-12-7-10(16)6-11(17)8-12/h6-8H,2-5,9,18H2,1H3,(H,19,21). The summed E-state index contributed by atoms with van der Waals surface area (Å²) in [6.07, 6.45) is 0.764. The summed E-state index contributed by atoms with van der Waals surface area (Å²) in [6, 6.07) is 2.69. The summed E-state index contributed by atoms with van der Waals surface area (Å²) in [7, 11) is 1.46. The topological polar surface area (TPSA) is 84.7 Å². The van der Waals surface area contributed by atoms with E-state index in [1.165, 1.54) is 11.9 Å². The number of nitrogens with two attached hydrogens (primary N) is 1. The second-order valence-corrected chi connectivity index (χ2v) is 5.64. The van der Waals surface area contributed by atoms with Crippen molar-refractivity contribution in [2.45, 2.75) is 18.4 Å². The van der Waals surface area contributed by atoms with Crippen LogP contribution in [-0.4, -0.2) is 49.1 Å². The predicted octanol–water partition coefficient (Wildman–Crippen LogP) is 0.870. The lowest BCUT2D eigenvalue weighted by atomic mass is 9.90. The third kappa shape index (κ3) is 4.46. The van der Waals surface area contributed by atoms with Crippen molar-refractivity contribution in [2.75, 3.05) is 32.1 Å². The third-order valence-corrected chi connectivity index (χ3v) is 3.68. The summed E-state index contributed by atoms with van der Waals surface area (Å²) < 4.78 is 31.3. The van der Waals surface area contributed by atoms with Crippen LogP contribution in [0.1, 0.15) is 12.8 Å². The fourth-order valence-electron chi connectivity index (χ4n) is 2.44. The predicted molar refractivity (Wildman–Crippen MR) is 79.6 cm³/mol.